The summed E-state index contributed by atoms with van der Waals surface area (Å²) >= 11 is 11.7. The van der Waals surface area contributed by atoms with E-state index in [1.165, 1.54) is 0 Å². The molecule has 0 fully saturated rings. The lowest BCUT2D eigenvalue weighted by Crippen LogP contribution is -2.10. The summed E-state index contributed by atoms with van der Waals surface area (Å²) in [4.78, 5) is 0. The minimum Gasteiger partial charge on any atom is -0.396 e. The first-order valence-electron chi connectivity index (χ1n) is 4.07. The molecule has 3 heteroatoms. The zero-order chi connectivity index (χ0) is 8.69. The van der Waals surface area contributed by atoms with Crippen LogP contribution in [0, 0.1) is 0 Å². The summed E-state index contributed by atoms with van der Waals surface area (Å²) < 4.78 is 0. The lowest BCUT2D eigenvalue weighted by molar-refractivity contribution is 0.282. The maximum atomic E-state index is 8.48. The third-order valence-electron chi connectivity index (χ3n) is 1.64. The van der Waals surface area contributed by atoms with Gasteiger partial charge in [0.2, 0.25) is 0 Å². The molecule has 0 aromatic heterocycles. The summed E-state index contributed by atoms with van der Waals surface area (Å²) in [6, 6.07) is 0. The van der Waals surface area contributed by atoms with Crippen LogP contribution in [0.4, 0.5) is 0 Å². The molecule has 2 unspecified atom stereocenters. The van der Waals surface area contributed by atoms with Crippen molar-refractivity contribution in [3.05, 3.63) is 0 Å². The fraction of sp³-hybridized carbons (Fsp3) is 1.00. The first-order valence-corrected chi connectivity index (χ1v) is 4.94. The van der Waals surface area contributed by atoms with Crippen LogP contribution in [0.15, 0.2) is 0 Å². The van der Waals surface area contributed by atoms with Gasteiger partial charge in [-0.1, -0.05) is 12.8 Å². The number of hydrogen-bond donors (Lipinski definition) is 1. The molecule has 0 radical (unpaired) electrons. The van der Waals surface area contributed by atoms with E-state index in [-0.39, 0.29) is 17.4 Å². The van der Waals surface area contributed by atoms with Crippen LogP contribution < -0.4 is 0 Å². The third-order valence-corrected chi connectivity index (χ3v) is 2.67. The molecule has 0 bridgehead atoms. The van der Waals surface area contributed by atoms with Crippen molar-refractivity contribution in [3.8, 4) is 0 Å². The Morgan fingerprint density at radius 3 is 2.27 bits per heavy atom. The minimum absolute atomic E-state index is 0.0470. The van der Waals surface area contributed by atoms with Gasteiger partial charge in [-0.2, -0.15) is 0 Å². The molecule has 0 spiro atoms. The van der Waals surface area contributed by atoms with E-state index >= 15 is 0 Å². The van der Waals surface area contributed by atoms with E-state index in [4.69, 9.17) is 28.3 Å². The number of unbranched alkanes of at least 4 members (excludes halogenated alkanes) is 2. The van der Waals surface area contributed by atoms with Gasteiger partial charge < -0.3 is 5.11 Å². The predicted molar refractivity (Wildman–Crippen MR) is 50.5 cm³/mol. The number of aliphatic hydroxyl groups excluding tert-OH is 1. The lowest BCUT2D eigenvalue weighted by Gasteiger charge is -2.10. The molecule has 11 heavy (non-hydrogen) atoms. The van der Waals surface area contributed by atoms with Crippen LogP contribution in [0.25, 0.3) is 0 Å². The number of aliphatic hydroxyl groups is 1. The first kappa shape index (κ1) is 11.5. The summed E-state index contributed by atoms with van der Waals surface area (Å²) in [6.45, 7) is 2.19. The lowest BCUT2D eigenvalue weighted by atomic mass is 10.1. The molecular weight excluding hydrogens is 183 g/mol. The Labute approximate surface area is 78.7 Å². The molecule has 2 atom stereocenters. The average Bonchev–Trinajstić information content (AvgIpc) is 1.97. The Morgan fingerprint density at radius 1 is 1.18 bits per heavy atom. The smallest absolute Gasteiger partial charge is 0.0497 e. The molecule has 0 rings (SSSR count). The Hall–Kier alpha value is 0.540. The van der Waals surface area contributed by atoms with Crippen molar-refractivity contribution >= 4 is 23.2 Å². The molecule has 0 aromatic carbocycles. The van der Waals surface area contributed by atoms with Gasteiger partial charge in [-0.05, 0) is 19.8 Å². The SMILES string of the molecule is CC(Cl)C(Cl)CCCCCO. The number of halogens is 2. The van der Waals surface area contributed by atoms with Gasteiger partial charge in [-0.25, -0.2) is 0 Å². The maximum Gasteiger partial charge on any atom is 0.0497 e. The summed E-state index contributed by atoms with van der Waals surface area (Å²) in [5.41, 5.74) is 0. The number of rotatable bonds is 6. The topological polar surface area (TPSA) is 20.2 Å². The van der Waals surface area contributed by atoms with Gasteiger partial charge >= 0.3 is 0 Å². The molecule has 0 aliphatic rings. The van der Waals surface area contributed by atoms with Gasteiger partial charge in [0.25, 0.3) is 0 Å². The summed E-state index contributed by atoms with van der Waals surface area (Å²) in [5.74, 6) is 0. The van der Waals surface area contributed by atoms with Crippen molar-refractivity contribution in [2.45, 2.75) is 43.4 Å². The highest BCUT2D eigenvalue weighted by Gasteiger charge is 2.09. The van der Waals surface area contributed by atoms with Gasteiger partial charge in [0.05, 0.1) is 0 Å². The maximum absolute atomic E-state index is 8.48. The molecule has 0 aliphatic carbocycles. The molecule has 0 amide bonds. The average molecular weight is 199 g/mol. The van der Waals surface area contributed by atoms with E-state index in [1.807, 2.05) is 6.92 Å². The second-order valence-electron chi connectivity index (χ2n) is 2.77. The highest BCUT2D eigenvalue weighted by atomic mass is 35.5. The Morgan fingerprint density at radius 2 is 1.82 bits per heavy atom. The normalized spacial score (nSPS) is 16.4. The van der Waals surface area contributed by atoms with Crippen molar-refractivity contribution in [2.75, 3.05) is 6.61 Å². The van der Waals surface area contributed by atoms with Gasteiger partial charge in [0.15, 0.2) is 0 Å². The van der Waals surface area contributed by atoms with E-state index in [0.717, 1.165) is 25.7 Å². The fourth-order valence-corrected chi connectivity index (χ4v) is 1.14. The Kier molecular flexibility index (Phi) is 7.56. The molecule has 0 saturated carbocycles. The zero-order valence-electron chi connectivity index (χ0n) is 6.89. The van der Waals surface area contributed by atoms with E-state index in [9.17, 15) is 0 Å². The fourth-order valence-electron chi connectivity index (χ4n) is 0.858. The van der Waals surface area contributed by atoms with Crippen LogP contribution in [0.2, 0.25) is 0 Å². The minimum atomic E-state index is 0.0470. The molecule has 0 saturated heterocycles. The second-order valence-corrected chi connectivity index (χ2v) is 4.02. The van der Waals surface area contributed by atoms with Crippen molar-refractivity contribution in [1.82, 2.24) is 0 Å². The van der Waals surface area contributed by atoms with Crippen molar-refractivity contribution in [3.63, 3.8) is 0 Å². The third kappa shape index (κ3) is 6.92. The Bertz CT molecular complexity index is 86.2. The zero-order valence-corrected chi connectivity index (χ0v) is 8.41. The summed E-state index contributed by atoms with van der Waals surface area (Å²) in [7, 11) is 0. The van der Waals surface area contributed by atoms with Crippen LogP contribution in [0.1, 0.15) is 32.6 Å². The van der Waals surface area contributed by atoms with Crippen LogP contribution in [-0.2, 0) is 0 Å². The van der Waals surface area contributed by atoms with Crippen molar-refractivity contribution in [1.29, 1.82) is 0 Å². The van der Waals surface area contributed by atoms with Crippen molar-refractivity contribution in [2.24, 2.45) is 0 Å². The Balaban J connectivity index is 3.10. The van der Waals surface area contributed by atoms with E-state index in [0.29, 0.717) is 0 Å². The quantitative estimate of drug-likeness (QED) is 0.515. The van der Waals surface area contributed by atoms with Crippen LogP contribution in [-0.4, -0.2) is 22.5 Å². The van der Waals surface area contributed by atoms with Crippen LogP contribution >= 0.6 is 23.2 Å². The van der Waals surface area contributed by atoms with Gasteiger partial charge in [0, 0.05) is 17.4 Å². The van der Waals surface area contributed by atoms with E-state index < -0.39 is 0 Å². The molecular formula is C8H16Cl2O. The molecule has 0 heterocycles. The van der Waals surface area contributed by atoms with Gasteiger partial charge in [-0.3, -0.25) is 0 Å². The van der Waals surface area contributed by atoms with Gasteiger partial charge in [0.1, 0.15) is 0 Å². The molecule has 1 N–H and O–H groups in total. The van der Waals surface area contributed by atoms with Crippen molar-refractivity contribution < 1.29 is 5.11 Å². The molecule has 0 aromatic rings. The molecule has 0 aliphatic heterocycles. The number of hydrogen-bond acceptors (Lipinski definition) is 1. The summed E-state index contributed by atoms with van der Waals surface area (Å²) in [5, 5.41) is 8.61. The highest BCUT2D eigenvalue weighted by Crippen LogP contribution is 2.16. The first-order chi connectivity index (χ1) is 5.18. The summed E-state index contributed by atoms with van der Waals surface area (Å²) in [6.07, 6.45) is 3.93. The highest BCUT2D eigenvalue weighted by molar-refractivity contribution is 6.29. The molecule has 68 valence electrons. The number of alkyl halides is 2. The monoisotopic (exact) mass is 198 g/mol. The largest absolute Gasteiger partial charge is 0.396 e. The van der Waals surface area contributed by atoms with Crippen LogP contribution in [0.3, 0.4) is 0 Å². The van der Waals surface area contributed by atoms with Crippen LogP contribution in [0.5, 0.6) is 0 Å². The predicted octanol–water partition coefficient (Wildman–Crippen LogP) is 2.77. The van der Waals surface area contributed by atoms with E-state index in [1.54, 1.807) is 0 Å². The van der Waals surface area contributed by atoms with Gasteiger partial charge in [-0.15, -0.1) is 23.2 Å². The van der Waals surface area contributed by atoms with E-state index in [2.05, 4.69) is 0 Å². The molecule has 1 nitrogen and oxygen atoms in total. The second kappa shape index (κ2) is 7.20. The standard InChI is InChI=1S/C8H16Cl2O/c1-7(9)8(10)5-3-2-4-6-11/h7-8,11H,2-6H2,1H3.